The Balaban J connectivity index is 1.93. The summed E-state index contributed by atoms with van der Waals surface area (Å²) in [6, 6.07) is 15.0. The summed E-state index contributed by atoms with van der Waals surface area (Å²) in [5, 5.41) is 4.31. The van der Waals surface area contributed by atoms with E-state index in [1.165, 1.54) is 6.07 Å². The van der Waals surface area contributed by atoms with Gasteiger partial charge in [-0.3, -0.25) is 0 Å². The summed E-state index contributed by atoms with van der Waals surface area (Å²) in [4.78, 5) is 0. The van der Waals surface area contributed by atoms with Gasteiger partial charge < -0.3 is 9.73 Å². The number of rotatable bonds is 4. The molecule has 108 valence electrons. The highest BCUT2D eigenvalue weighted by Crippen LogP contribution is 2.29. The van der Waals surface area contributed by atoms with Crippen molar-refractivity contribution < 1.29 is 8.81 Å². The molecule has 4 heteroatoms. The van der Waals surface area contributed by atoms with E-state index in [-0.39, 0.29) is 11.9 Å². The van der Waals surface area contributed by atoms with Gasteiger partial charge in [-0.1, -0.05) is 30.3 Å². The minimum atomic E-state index is -0.244. The highest BCUT2D eigenvalue weighted by atomic mass is 79.9. The van der Waals surface area contributed by atoms with Crippen molar-refractivity contribution in [2.45, 2.75) is 12.5 Å². The van der Waals surface area contributed by atoms with Gasteiger partial charge in [-0.15, -0.1) is 0 Å². The lowest BCUT2D eigenvalue weighted by atomic mass is 10.0. The summed E-state index contributed by atoms with van der Waals surface area (Å²) < 4.78 is 20.0. The second kappa shape index (κ2) is 6.00. The molecule has 0 fully saturated rings. The number of hydrogen-bond donors (Lipinski definition) is 1. The van der Waals surface area contributed by atoms with Gasteiger partial charge >= 0.3 is 0 Å². The number of nitrogens with one attached hydrogen (secondary N) is 1. The largest absolute Gasteiger partial charge is 0.459 e. The van der Waals surface area contributed by atoms with Crippen LogP contribution in [0.2, 0.25) is 0 Å². The van der Waals surface area contributed by atoms with Crippen molar-refractivity contribution in [3.05, 3.63) is 70.1 Å². The Morgan fingerprint density at radius 2 is 2.00 bits per heavy atom. The summed E-state index contributed by atoms with van der Waals surface area (Å²) >= 11 is 3.31. The number of halogens is 2. The molecule has 0 saturated heterocycles. The Morgan fingerprint density at radius 3 is 2.76 bits per heavy atom. The van der Waals surface area contributed by atoms with Crippen LogP contribution in [0.1, 0.15) is 17.4 Å². The third-order valence-corrected chi connectivity index (χ3v) is 4.48. The monoisotopic (exact) mass is 347 g/mol. The smallest absolute Gasteiger partial charge is 0.137 e. The van der Waals surface area contributed by atoms with Crippen molar-refractivity contribution >= 4 is 26.9 Å². The second-order valence-electron chi connectivity index (χ2n) is 4.94. The SMILES string of the molecule is CNC(Cc1cccc(F)c1Br)c1cc2ccccc2o1. The molecule has 21 heavy (non-hydrogen) atoms. The summed E-state index contributed by atoms with van der Waals surface area (Å²) in [5.74, 6) is 0.613. The first kappa shape index (κ1) is 14.3. The number of benzene rings is 2. The highest BCUT2D eigenvalue weighted by Gasteiger charge is 2.17. The van der Waals surface area contributed by atoms with Crippen molar-refractivity contribution in [2.24, 2.45) is 0 Å². The topological polar surface area (TPSA) is 25.2 Å². The number of para-hydroxylation sites is 1. The molecule has 2 aromatic carbocycles. The van der Waals surface area contributed by atoms with E-state index in [0.717, 1.165) is 22.3 Å². The van der Waals surface area contributed by atoms with E-state index in [1.54, 1.807) is 6.07 Å². The molecule has 3 rings (SSSR count). The molecule has 0 spiro atoms. The number of hydrogen-bond acceptors (Lipinski definition) is 2. The molecular weight excluding hydrogens is 333 g/mol. The molecule has 0 radical (unpaired) electrons. The molecule has 0 aliphatic rings. The Bertz CT molecular complexity index is 735. The second-order valence-corrected chi connectivity index (χ2v) is 5.74. The van der Waals surface area contributed by atoms with E-state index in [1.807, 2.05) is 43.4 Å². The zero-order valence-corrected chi connectivity index (χ0v) is 13.2. The van der Waals surface area contributed by atoms with Gasteiger partial charge in [0.15, 0.2) is 0 Å². The maximum absolute atomic E-state index is 13.6. The summed E-state index contributed by atoms with van der Waals surface area (Å²) in [6.45, 7) is 0. The van der Waals surface area contributed by atoms with Gasteiger partial charge in [0.2, 0.25) is 0 Å². The molecule has 1 aromatic heterocycles. The third-order valence-electron chi connectivity index (χ3n) is 3.59. The third kappa shape index (κ3) is 2.87. The Hall–Kier alpha value is -1.65. The van der Waals surface area contributed by atoms with E-state index in [2.05, 4.69) is 21.2 Å². The molecule has 0 amide bonds. The summed E-state index contributed by atoms with van der Waals surface area (Å²) in [5.41, 5.74) is 1.78. The predicted octanol–water partition coefficient (Wildman–Crippen LogP) is 4.84. The van der Waals surface area contributed by atoms with Crippen LogP contribution in [0.15, 0.2) is 57.4 Å². The van der Waals surface area contributed by atoms with Crippen LogP contribution in [0.25, 0.3) is 11.0 Å². The van der Waals surface area contributed by atoms with Gasteiger partial charge in [-0.05, 0) is 53.2 Å². The average Bonchev–Trinajstić information content (AvgIpc) is 2.92. The fourth-order valence-electron chi connectivity index (χ4n) is 2.45. The van der Waals surface area contributed by atoms with E-state index in [9.17, 15) is 4.39 Å². The fourth-order valence-corrected chi connectivity index (χ4v) is 2.87. The first-order chi connectivity index (χ1) is 10.2. The number of likely N-dealkylation sites (N-methyl/N-ethyl adjacent to an activating group) is 1. The first-order valence-electron chi connectivity index (χ1n) is 6.77. The zero-order valence-electron chi connectivity index (χ0n) is 11.6. The van der Waals surface area contributed by atoms with Crippen LogP contribution in [-0.2, 0) is 6.42 Å². The van der Waals surface area contributed by atoms with Gasteiger partial charge in [0, 0.05) is 5.39 Å². The highest BCUT2D eigenvalue weighted by molar-refractivity contribution is 9.10. The predicted molar refractivity (Wildman–Crippen MR) is 85.8 cm³/mol. The standard InChI is InChI=1S/C17H15BrFNO/c1-20-14(9-12-6-4-7-13(19)17(12)18)16-10-11-5-2-3-8-15(11)21-16/h2-8,10,14,20H,9H2,1H3. The summed E-state index contributed by atoms with van der Waals surface area (Å²) in [7, 11) is 1.88. The van der Waals surface area contributed by atoms with E-state index >= 15 is 0 Å². The van der Waals surface area contributed by atoms with Crippen LogP contribution >= 0.6 is 15.9 Å². The van der Waals surface area contributed by atoms with Crippen LogP contribution in [0, 0.1) is 5.82 Å². The average molecular weight is 348 g/mol. The molecule has 0 bridgehead atoms. The van der Waals surface area contributed by atoms with E-state index in [4.69, 9.17) is 4.42 Å². The van der Waals surface area contributed by atoms with E-state index < -0.39 is 0 Å². The molecule has 2 nitrogen and oxygen atoms in total. The molecule has 3 aromatic rings. The Morgan fingerprint density at radius 1 is 1.19 bits per heavy atom. The maximum atomic E-state index is 13.6. The fraction of sp³-hybridized carbons (Fsp3) is 0.176. The van der Waals surface area contributed by atoms with Crippen molar-refractivity contribution in [1.29, 1.82) is 0 Å². The van der Waals surface area contributed by atoms with Crippen molar-refractivity contribution in [1.82, 2.24) is 5.32 Å². The molecule has 0 aliphatic heterocycles. The molecule has 1 heterocycles. The van der Waals surface area contributed by atoms with Crippen LogP contribution in [0.5, 0.6) is 0 Å². The Labute approximate surface area is 131 Å². The first-order valence-corrected chi connectivity index (χ1v) is 7.57. The lowest BCUT2D eigenvalue weighted by Crippen LogP contribution is -2.18. The van der Waals surface area contributed by atoms with Crippen molar-refractivity contribution in [2.75, 3.05) is 7.05 Å². The number of fused-ring (bicyclic) bond motifs is 1. The molecule has 0 aliphatic carbocycles. The molecule has 1 atom stereocenters. The number of furan rings is 1. The van der Waals surface area contributed by atoms with Gasteiger partial charge in [-0.2, -0.15) is 0 Å². The van der Waals surface area contributed by atoms with E-state index in [0.29, 0.717) is 10.9 Å². The lowest BCUT2D eigenvalue weighted by molar-refractivity contribution is 0.449. The van der Waals surface area contributed by atoms with Crippen molar-refractivity contribution in [3.63, 3.8) is 0 Å². The van der Waals surface area contributed by atoms with Gasteiger partial charge in [0.05, 0.1) is 10.5 Å². The maximum Gasteiger partial charge on any atom is 0.137 e. The van der Waals surface area contributed by atoms with Crippen LogP contribution in [0.4, 0.5) is 4.39 Å². The quantitative estimate of drug-likeness (QED) is 0.730. The zero-order chi connectivity index (χ0) is 14.8. The normalized spacial score (nSPS) is 12.7. The van der Waals surface area contributed by atoms with Gasteiger partial charge in [0.25, 0.3) is 0 Å². The molecule has 1 N–H and O–H groups in total. The van der Waals surface area contributed by atoms with Gasteiger partial charge in [-0.25, -0.2) is 4.39 Å². The lowest BCUT2D eigenvalue weighted by Gasteiger charge is -2.14. The van der Waals surface area contributed by atoms with Crippen LogP contribution in [0.3, 0.4) is 0 Å². The minimum absolute atomic E-state index is 0.00417. The van der Waals surface area contributed by atoms with Gasteiger partial charge in [0.1, 0.15) is 17.2 Å². The molecule has 0 saturated carbocycles. The summed E-state index contributed by atoms with van der Waals surface area (Å²) in [6.07, 6.45) is 0.647. The van der Waals surface area contributed by atoms with Crippen LogP contribution < -0.4 is 5.32 Å². The Kier molecular flexibility index (Phi) is 4.08. The molecular formula is C17H15BrFNO. The van der Waals surface area contributed by atoms with Crippen molar-refractivity contribution in [3.8, 4) is 0 Å². The molecule has 1 unspecified atom stereocenters. The van der Waals surface area contributed by atoms with Crippen LogP contribution in [-0.4, -0.2) is 7.05 Å². The minimum Gasteiger partial charge on any atom is -0.459 e.